The highest BCUT2D eigenvalue weighted by Crippen LogP contribution is 2.39. The van der Waals surface area contributed by atoms with E-state index in [0.29, 0.717) is 0 Å². The molecule has 2 aliphatic rings. The number of benzene rings is 1. The first kappa shape index (κ1) is 13.8. The first-order valence-electron chi connectivity index (χ1n) is 8.06. The van der Waals surface area contributed by atoms with Crippen molar-refractivity contribution in [1.29, 1.82) is 0 Å². The van der Waals surface area contributed by atoms with E-state index in [-0.39, 0.29) is 0 Å². The topological polar surface area (TPSA) is 24.1 Å². The third-order valence-corrected chi connectivity index (χ3v) is 4.65. The second kappa shape index (κ2) is 6.55. The van der Waals surface area contributed by atoms with Gasteiger partial charge in [-0.15, -0.1) is 0 Å². The van der Waals surface area contributed by atoms with Crippen molar-refractivity contribution in [2.24, 2.45) is 11.8 Å². The largest absolute Gasteiger partial charge is 0.316 e. The van der Waals surface area contributed by atoms with E-state index in [1.165, 1.54) is 44.5 Å². The molecule has 1 aromatic carbocycles. The van der Waals surface area contributed by atoms with Crippen LogP contribution in [0.1, 0.15) is 31.7 Å². The second-order valence-electron chi connectivity index (χ2n) is 6.20. The fraction of sp³-hybridized carbons (Fsp3) is 0.556. The standard InChI is InChI=1S/C18H26N2/c1-2-16(10-14-6-4-3-5-7-14)17-11-18(17)20-9-8-15-12-19-13-15/h3-7,10,15,17-20H,2,8-9,11-13H2,1H3/b16-10+. The van der Waals surface area contributed by atoms with Gasteiger partial charge in [0.15, 0.2) is 0 Å². The Morgan fingerprint density at radius 1 is 1.30 bits per heavy atom. The predicted octanol–water partition coefficient (Wildman–Crippen LogP) is 3.07. The van der Waals surface area contributed by atoms with E-state index in [1.807, 2.05) is 0 Å². The zero-order valence-corrected chi connectivity index (χ0v) is 12.4. The zero-order chi connectivity index (χ0) is 13.8. The average Bonchev–Trinajstić information content (AvgIpc) is 3.19. The lowest BCUT2D eigenvalue weighted by molar-refractivity contribution is 0.321. The van der Waals surface area contributed by atoms with E-state index < -0.39 is 0 Å². The highest BCUT2D eigenvalue weighted by Gasteiger charge is 2.38. The molecule has 0 amide bonds. The molecule has 1 heterocycles. The number of hydrogen-bond donors (Lipinski definition) is 2. The molecular weight excluding hydrogens is 244 g/mol. The summed E-state index contributed by atoms with van der Waals surface area (Å²) in [5, 5.41) is 7.08. The molecule has 0 radical (unpaired) electrons. The summed E-state index contributed by atoms with van der Waals surface area (Å²) in [4.78, 5) is 0. The summed E-state index contributed by atoms with van der Waals surface area (Å²) in [5.74, 6) is 1.70. The molecule has 1 aliphatic carbocycles. The van der Waals surface area contributed by atoms with Gasteiger partial charge in [0.25, 0.3) is 0 Å². The monoisotopic (exact) mass is 270 g/mol. The molecule has 0 bridgehead atoms. The first-order chi connectivity index (χ1) is 9.86. The van der Waals surface area contributed by atoms with Crippen LogP contribution >= 0.6 is 0 Å². The second-order valence-corrected chi connectivity index (χ2v) is 6.20. The third-order valence-electron chi connectivity index (χ3n) is 4.65. The lowest BCUT2D eigenvalue weighted by Gasteiger charge is -2.27. The summed E-state index contributed by atoms with van der Waals surface area (Å²) in [7, 11) is 0. The van der Waals surface area contributed by atoms with Crippen LogP contribution in [0.2, 0.25) is 0 Å². The summed E-state index contributed by atoms with van der Waals surface area (Å²) >= 11 is 0. The normalized spacial score (nSPS) is 26.4. The molecule has 2 heteroatoms. The van der Waals surface area contributed by atoms with Crippen LogP contribution in [0, 0.1) is 11.8 Å². The molecule has 1 saturated heterocycles. The van der Waals surface area contributed by atoms with Crippen LogP contribution in [0.15, 0.2) is 35.9 Å². The van der Waals surface area contributed by atoms with Gasteiger partial charge in [-0.1, -0.05) is 48.9 Å². The van der Waals surface area contributed by atoms with Crippen molar-refractivity contribution in [3.8, 4) is 0 Å². The van der Waals surface area contributed by atoms with Gasteiger partial charge in [0.2, 0.25) is 0 Å². The molecule has 2 N–H and O–H groups in total. The van der Waals surface area contributed by atoms with E-state index in [1.54, 1.807) is 5.57 Å². The minimum Gasteiger partial charge on any atom is -0.316 e. The van der Waals surface area contributed by atoms with Gasteiger partial charge in [0, 0.05) is 6.04 Å². The first-order valence-corrected chi connectivity index (χ1v) is 8.06. The molecule has 1 aliphatic heterocycles. The Morgan fingerprint density at radius 2 is 2.10 bits per heavy atom. The molecule has 3 rings (SSSR count). The Morgan fingerprint density at radius 3 is 2.75 bits per heavy atom. The molecule has 1 aromatic rings. The van der Waals surface area contributed by atoms with Gasteiger partial charge >= 0.3 is 0 Å². The van der Waals surface area contributed by atoms with E-state index in [4.69, 9.17) is 0 Å². The van der Waals surface area contributed by atoms with E-state index in [9.17, 15) is 0 Å². The van der Waals surface area contributed by atoms with Crippen LogP contribution in [-0.2, 0) is 0 Å². The van der Waals surface area contributed by atoms with Crippen molar-refractivity contribution in [2.45, 2.75) is 32.2 Å². The SMILES string of the molecule is CC/C(=C\c1ccccc1)C1CC1NCCC1CNC1. The molecule has 0 aromatic heterocycles. The minimum absolute atomic E-state index is 0.734. The molecule has 2 unspecified atom stereocenters. The Labute approximate surface area is 122 Å². The van der Waals surface area contributed by atoms with Gasteiger partial charge in [-0.25, -0.2) is 0 Å². The molecule has 2 atom stereocenters. The van der Waals surface area contributed by atoms with E-state index in [0.717, 1.165) is 17.9 Å². The maximum atomic E-state index is 3.74. The van der Waals surface area contributed by atoms with Gasteiger partial charge in [-0.2, -0.15) is 0 Å². The van der Waals surface area contributed by atoms with Gasteiger partial charge in [0.1, 0.15) is 0 Å². The highest BCUT2D eigenvalue weighted by molar-refractivity contribution is 5.54. The van der Waals surface area contributed by atoms with Crippen molar-refractivity contribution in [3.63, 3.8) is 0 Å². The van der Waals surface area contributed by atoms with Crippen LogP contribution in [0.25, 0.3) is 6.08 Å². The molecule has 20 heavy (non-hydrogen) atoms. The van der Waals surface area contributed by atoms with E-state index >= 15 is 0 Å². The van der Waals surface area contributed by atoms with Crippen LogP contribution in [0.3, 0.4) is 0 Å². The van der Waals surface area contributed by atoms with Crippen LogP contribution in [0.4, 0.5) is 0 Å². The summed E-state index contributed by atoms with van der Waals surface area (Å²) in [6.07, 6.45) is 6.22. The molecule has 2 nitrogen and oxygen atoms in total. The molecule has 108 valence electrons. The van der Waals surface area contributed by atoms with E-state index in [2.05, 4.69) is 54.0 Å². The molecule has 1 saturated carbocycles. The van der Waals surface area contributed by atoms with Crippen LogP contribution < -0.4 is 10.6 Å². The molecule has 0 spiro atoms. The number of nitrogens with one attached hydrogen (secondary N) is 2. The lowest BCUT2D eigenvalue weighted by Crippen LogP contribution is -2.43. The summed E-state index contributed by atoms with van der Waals surface area (Å²) in [6.45, 7) is 5.92. The zero-order valence-electron chi connectivity index (χ0n) is 12.4. The fourth-order valence-corrected chi connectivity index (χ4v) is 3.09. The Balaban J connectivity index is 1.47. The van der Waals surface area contributed by atoms with Gasteiger partial charge < -0.3 is 10.6 Å². The third kappa shape index (κ3) is 3.50. The highest BCUT2D eigenvalue weighted by atomic mass is 15.0. The van der Waals surface area contributed by atoms with Crippen LogP contribution in [-0.4, -0.2) is 25.7 Å². The Kier molecular flexibility index (Phi) is 4.54. The average molecular weight is 270 g/mol. The van der Waals surface area contributed by atoms with Gasteiger partial charge in [0.05, 0.1) is 0 Å². The Bertz CT molecular complexity index is 448. The van der Waals surface area contributed by atoms with Gasteiger partial charge in [-0.05, 0) is 56.3 Å². The van der Waals surface area contributed by atoms with Crippen LogP contribution in [0.5, 0.6) is 0 Å². The van der Waals surface area contributed by atoms with Crippen molar-refractivity contribution < 1.29 is 0 Å². The smallest absolute Gasteiger partial charge is 0.0139 e. The summed E-state index contributed by atoms with van der Waals surface area (Å²) in [5.41, 5.74) is 2.95. The predicted molar refractivity (Wildman–Crippen MR) is 85.6 cm³/mol. The number of rotatable bonds is 7. The van der Waals surface area contributed by atoms with Gasteiger partial charge in [-0.3, -0.25) is 0 Å². The van der Waals surface area contributed by atoms with Crippen molar-refractivity contribution in [3.05, 3.63) is 41.5 Å². The molecular formula is C18H26N2. The fourth-order valence-electron chi connectivity index (χ4n) is 3.09. The minimum atomic E-state index is 0.734. The lowest BCUT2D eigenvalue weighted by atomic mass is 9.99. The maximum absolute atomic E-state index is 3.74. The number of hydrogen-bond acceptors (Lipinski definition) is 2. The van der Waals surface area contributed by atoms with Crippen molar-refractivity contribution >= 4 is 6.08 Å². The van der Waals surface area contributed by atoms with Crippen molar-refractivity contribution in [2.75, 3.05) is 19.6 Å². The summed E-state index contributed by atoms with van der Waals surface area (Å²) < 4.78 is 0. The molecule has 2 fully saturated rings. The maximum Gasteiger partial charge on any atom is 0.0139 e. The summed E-state index contributed by atoms with van der Waals surface area (Å²) in [6, 6.07) is 11.5. The Hall–Kier alpha value is -1.12. The quantitative estimate of drug-likeness (QED) is 0.795. The van der Waals surface area contributed by atoms with Crippen molar-refractivity contribution in [1.82, 2.24) is 10.6 Å².